The van der Waals surface area contributed by atoms with Crippen molar-refractivity contribution in [3.05, 3.63) is 66.5 Å². The number of anilines is 2. The minimum atomic E-state index is -4.16. The van der Waals surface area contributed by atoms with Crippen LogP contribution in [0.25, 0.3) is 22.0 Å². The highest BCUT2D eigenvalue weighted by Crippen LogP contribution is 2.58. The molecule has 0 unspecified atom stereocenters. The standard InChI is InChI=1S/C31H31F2N5O5S/c1-37(2)13-4-14-42-28-25(36-44(40,41)22-8-6-21(7-9-22)43-30(32)33)16-20(17-35-28)19-5-10-24-23(15-19)27-26(18-34-24)38(3)29(39)31(27)11-12-31/h5-10,15-18,30,36H,4,11-14H2,1-3H3. The van der Waals surface area contributed by atoms with Gasteiger partial charge >= 0.3 is 6.61 Å². The first-order valence-corrected chi connectivity index (χ1v) is 15.5. The zero-order valence-electron chi connectivity index (χ0n) is 24.4. The quantitative estimate of drug-likeness (QED) is 0.231. The average Bonchev–Trinajstić information content (AvgIpc) is 3.76. The number of fused-ring (bicyclic) bond motifs is 4. The molecule has 2 aromatic carbocycles. The number of halogens is 2. The van der Waals surface area contributed by atoms with Crippen LogP contribution in [0.1, 0.15) is 24.8 Å². The third-order valence-electron chi connectivity index (χ3n) is 7.93. The Morgan fingerprint density at radius 3 is 2.48 bits per heavy atom. The highest BCUT2D eigenvalue weighted by atomic mass is 32.2. The van der Waals surface area contributed by atoms with Crippen molar-refractivity contribution in [3.63, 3.8) is 0 Å². The Morgan fingerprint density at radius 1 is 1.05 bits per heavy atom. The van der Waals surface area contributed by atoms with Gasteiger partial charge in [0.1, 0.15) is 11.4 Å². The number of hydrogen-bond donors (Lipinski definition) is 1. The molecule has 44 heavy (non-hydrogen) atoms. The molecule has 0 bridgehead atoms. The maximum absolute atomic E-state index is 13.4. The third-order valence-corrected chi connectivity index (χ3v) is 9.31. The lowest BCUT2D eigenvalue weighted by Gasteiger charge is -2.16. The van der Waals surface area contributed by atoms with E-state index in [1.54, 1.807) is 30.4 Å². The Balaban J connectivity index is 1.36. The normalized spacial score (nSPS) is 15.3. The van der Waals surface area contributed by atoms with Gasteiger partial charge < -0.3 is 19.3 Å². The first kappa shape index (κ1) is 29.7. The summed E-state index contributed by atoms with van der Waals surface area (Å²) < 4.78 is 64.6. The second kappa shape index (κ2) is 11.3. The van der Waals surface area contributed by atoms with Crippen molar-refractivity contribution in [2.45, 2.75) is 36.2 Å². The SMILES string of the molecule is CN(C)CCCOc1ncc(-c2ccc3ncc4c(c3c2)C2(CC2)C(=O)N4C)cc1NS(=O)(=O)c1ccc(OC(F)F)cc1. The van der Waals surface area contributed by atoms with Crippen LogP contribution in [0.5, 0.6) is 11.6 Å². The van der Waals surface area contributed by atoms with E-state index < -0.39 is 22.0 Å². The van der Waals surface area contributed by atoms with Crippen LogP contribution in [0, 0.1) is 0 Å². The fourth-order valence-electron chi connectivity index (χ4n) is 5.60. The van der Waals surface area contributed by atoms with Crippen LogP contribution in [0.15, 0.2) is 65.8 Å². The molecule has 1 spiro atoms. The van der Waals surface area contributed by atoms with E-state index in [0.29, 0.717) is 18.6 Å². The summed E-state index contributed by atoms with van der Waals surface area (Å²) in [6, 6.07) is 12.0. The zero-order chi connectivity index (χ0) is 31.2. The number of rotatable bonds is 11. The van der Waals surface area contributed by atoms with Crippen LogP contribution in [-0.2, 0) is 20.2 Å². The van der Waals surface area contributed by atoms with E-state index in [0.717, 1.165) is 59.2 Å². The molecule has 13 heteroatoms. The smallest absolute Gasteiger partial charge is 0.387 e. The van der Waals surface area contributed by atoms with Crippen molar-refractivity contribution in [3.8, 4) is 22.8 Å². The van der Waals surface area contributed by atoms with Gasteiger partial charge in [0, 0.05) is 36.3 Å². The minimum absolute atomic E-state index is 0.0788. The summed E-state index contributed by atoms with van der Waals surface area (Å²) >= 11 is 0. The van der Waals surface area contributed by atoms with E-state index >= 15 is 0 Å². The Morgan fingerprint density at radius 2 is 1.80 bits per heavy atom. The lowest BCUT2D eigenvalue weighted by molar-refractivity contribution is -0.119. The van der Waals surface area contributed by atoms with E-state index in [1.165, 1.54) is 12.1 Å². The van der Waals surface area contributed by atoms with Gasteiger partial charge in [-0.15, -0.1) is 0 Å². The van der Waals surface area contributed by atoms with Crippen LogP contribution < -0.4 is 19.1 Å². The maximum atomic E-state index is 13.4. The van der Waals surface area contributed by atoms with Crippen molar-refractivity contribution >= 4 is 38.2 Å². The summed E-state index contributed by atoms with van der Waals surface area (Å²) in [7, 11) is 1.49. The van der Waals surface area contributed by atoms with Gasteiger partial charge in [0.2, 0.25) is 11.8 Å². The second-order valence-electron chi connectivity index (χ2n) is 11.2. The molecule has 0 atom stereocenters. The summed E-state index contributed by atoms with van der Waals surface area (Å²) in [5.74, 6) is 0.0158. The van der Waals surface area contributed by atoms with Crippen LogP contribution in [0.2, 0.25) is 0 Å². The van der Waals surface area contributed by atoms with E-state index in [1.807, 2.05) is 37.2 Å². The Bertz CT molecular complexity index is 1850. The Kier molecular flexibility index (Phi) is 7.62. The number of carbonyl (C=O) groups excluding carboxylic acids is 1. The van der Waals surface area contributed by atoms with Crippen LogP contribution in [-0.4, -0.2) is 70.1 Å². The largest absolute Gasteiger partial charge is 0.476 e. The summed E-state index contributed by atoms with van der Waals surface area (Å²) in [5.41, 5.74) is 3.52. The molecule has 1 fully saturated rings. The molecule has 230 valence electrons. The van der Waals surface area contributed by atoms with Crippen molar-refractivity contribution in [1.82, 2.24) is 14.9 Å². The predicted octanol–water partition coefficient (Wildman–Crippen LogP) is 5.04. The van der Waals surface area contributed by atoms with Gasteiger partial charge in [-0.25, -0.2) is 13.4 Å². The molecule has 1 saturated carbocycles. The van der Waals surface area contributed by atoms with E-state index in [4.69, 9.17) is 4.74 Å². The summed E-state index contributed by atoms with van der Waals surface area (Å²) in [6.45, 7) is -1.96. The summed E-state index contributed by atoms with van der Waals surface area (Å²) in [5, 5.41) is 0.868. The first-order chi connectivity index (χ1) is 21.0. The number of sulfonamides is 1. The lowest BCUT2D eigenvalue weighted by Crippen LogP contribution is -2.28. The van der Waals surface area contributed by atoms with E-state index in [9.17, 15) is 22.0 Å². The van der Waals surface area contributed by atoms with Gasteiger partial charge in [0.25, 0.3) is 10.0 Å². The highest BCUT2D eigenvalue weighted by Gasteiger charge is 2.59. The van der Waals surface area contributed by atoms with Crippen molar-refractivity contribution in [1.29, 1.82) is 0 Å². The van der Waals surface area contributed by atoms with Crippen LogP contribution in [0.3, 0.4) is 0 Å². The third kappa shape index (κ3) is 5.52. The van der Waals surface area contributed by atoms with E-state index in [-0.39, 0.29) is 28.1 Å². The predicted molar refractivity (Wildman–Crippen MR) is 162 cm³/mol. The van der Waals surface area contributed by atoms with Crippen LogP contribution >= 0.6 is 0 Å². The second-order valence-corrected chi connectivity index (χ2v) is 12.9. The summed E-state index contributed by atoms with van der Waals surface area (Å²) in [4.78, 5) is 25.6. The number of benzene rings is 2. The minimum Gasteiger partial charge on any atom is -0.476 e. The number of likely N-dealkylation sites (N-methyl/N-ethyl adjacent to an activating group) is 1. The van der Waals surface area contributed by atoms with Gasteiger partial charge in [0.05, 0.1) is 34.3 Å². The van der Waals surface area contributed by atoms with Gasteiger partial charge in [-0.1, -0.05) is 6.07 Å². The van der Waals surface area contributed by atoms with Gasteiger partial charge in [0.15, 0.2) is 0 Å². The topological polar surface area (TPSA) is 114 Å². The number of ether oxygens (including phenoxy) is 2. The number of nitrogens with zero attached hydrogens (tertiary/aromatic N) is 4. The molecule has 1 aliphatic heterocycles. The number of nitrogens with one attached hydrogen (secondary N) is 1. The maximum Gasteiger partial charge on any atom is 0.387 e. The van der Waals surface area contributed by atoms with Crippen molar-refractivity contribution in [2.75, 3.05) is 43.9 Å². The Labute approximate surface area is 253 Å². The number of amides is 1. The molecule has 10 nitrogen and oxygen atoms in total. The molecule has 1 N–H and O–H groups in total. The fraction of sp³-hybridized carbons (Fsp3) is 0.323. The fourth-order valence-corrected chi connectivity index (χ4v) is 6.64. The number of alkyl halides is 2. The number of hydrogen-bond acceptors (Lipinski definition) is 8. The van der Waals surface area contributed by atoms with E-state index in [2.05, 4.69) is 19.4 Å². The molecule has 0 saturated heterocycles. The van der Waals surface area contributed by atoms with Crippen molar-refractivity contribution < 1.29 is 31.5 Å². The summed E-state index contributed by atoms with van der Waals surface area (Å²) in [6.07, 6.45) is 5.61. The number of aromatic nitrogens is 2. The highest BCUT2D eigenvalue weighted by molar-refractivity contribution is 7.92. The van der Waals surface area contributed by atoms with Gasteiger partial charge in [-0.2, -0.15) is 8.78 Å². The molecule has 1 aliphatic carbocycles. The zero-order valence-corrected chi connectivity index (χ0v) is 25.2. The average molecular weight is 624 g/mol. The van der Waals surface area contributed by atoms with Crippen LogP contribution in [0.4, 0.5) is 20.2 Å². The molecule has 6 rings (SSSR count). The first-order valence-electron chi connectivity index (χ1n) is 14.1. The number of pyridine rings is 2. The number of carbonyl (C=O) groups is 1. The van der Waals surface area contributed by atoms with Gasteiger partial charge in [-0.05, 0) is 81.4 Å². The molecular weight excluding hydrogens is 592 g/mol. The molecule has 3 heterocycles. The van der Waals surface area contributed by atoms with Crippen molar-refractivity contribution in [2.24, 2.45) is 0 Å². The van der Waals surface area contributed by atoms with Gasteiger partial charge in [-0.3, -0.25) is 14.5 Å². The monoisotopic (exact) mass is 623 g/mol. The molecule has 2 aromatic heterocycles. The lowest BCUT2D eigenvalue weighted by atomic mass is 9.92. The Hall–Kier alpha value is -4.36. The molecule has 2 aliphatic rings. The molecular formula is C31H31F2N5O5S. The molecule has 1 amide bonds. The molecule has 0 radical (unpaired) electrons. The molecule has 4 aromatic rings.